The van der Waals surface area contributed by atoms with Gasteiger partial charge in [0.1, 0.15) is 0 Å². The molecule has 3 rings (SSSR count). The summed E-state index contributed by atoms with van der Waals surface area (Å²) in [7, 11) is -0.941. The highest BCUT2D eigenvalue weighted by atomic mass is 28.3. The van der Waals surface area contributed by atoms with Crippen LogP contribution >= 0.6 is 0 Å². The van der Waals surface area contributed by atoms with Crippen LogP contribution in [-0.4, -0.2) is 8.07 Å². The summed E-state index contributed by atoms with van der Waals surface area (Å²) in [5, 5.41) is 0. The minimum Gasteiger partial charge on any atom is -0.0693 e. The van der Waals surface area contributed by atoms with Crippen molar-refractivity contribution in [2.75, 3.05) is 0 Å². The molecule has 3 saturated carbocycles. The Balaban J connectivity index is 1.90. The molecule has 0 aromatic heterocycles. The van der Waals surface area contributed by atoms with E-state index in [0.717, 1.165) is 23.7 Å². The second-order valence-electron chi connectivity index (χ2n) is 8.12. The third-order valence-electron chi connectivity index (χ3n) is 6.22. The lowest BCUT2D eigenvalue weighted by atomic mass is 9.73. The van der Waals surface area contributed by atoms with Gasteiger partial charge in [-0.3, -0.25) is 0 Å². The van der Waals surface area contributed by atoms with E-state index < -0.39 is 8.07 Å². The highest BCUT2D eigenvalue weighted by molar-refractivity contribution is 6.77. The van der Waals surface area contributed by atoms with Crippen molar-refractivity contribution in [2.24, 2.45) is 23.7 Å². The Kier molecular flexibility index (Phi) is 3.17. The number of rotatable bonds is 1. The van der Waals surface area contributed by atoms with Gasteiger partial charge in [0.2, 0.25) is 0 Å². The predicted octanol–water partition coefficient (Wildman–Crippen LogP) is 5.32. The summed E-state index contributed by atoms with van der Waals surface area (Å²) in [6.07, 6.45) is 12.5. The van der Waals surface area contributed by atoms with Crippen molar-refractivity contribution in [1.82, 2.24) is 0 Å². The molecular weight excluding hydrogens is 220 g/mol. The van der Waals surface area contributed by atoms with Crippen molar-refractivity contribution in [3.63, 3.8) is 0 Å². The predicted molar refractivity (Wildman–Crippen MR) is 78.0 cm³/mol. The summed E-state index contributed by atoms with van der Waals surface area (Å²) >= 11 is 0. The molecule has 1 unspecified atom stereocenters. The first kappa shape index (κ1) is 12.3. The zero-order chi connectivity index (χ0) is 12.0. The van der Waals surface area contributed by atoms with Crippen molar-refractivity contribution < 1.29 is 0 Å². The van der Waals surface area contributed by atoms with Crippen LogP contribution in [0.3, 0.4) is 0 Å². The van der Waals surface area contributed by atoms with E-state index in [1.54, 1.807) is 51.4 Å². The summed E-state index contributed by atoms with van der Waals surface area (Å²) in [6.45, 7) is 7.96. The summed E-state index contributed by atoms with van der Waals surface area (Å²) in [5.74, 6) is 4.63. The Hall–Kier alpha value is 0.217. The topological polar surface area (TPSA) is 0 Å². The molecule has 0 bridgehead atoms. The Morgan fingerprint density at radius 1 is 0.588 bits per heavy atom. The normalized spacial score (nSPS) is 46.4. The lowest BCUT2D eigenvalue weighted by Gasteiger charge is -2.38. The van der Waals surface area contributed by atoms with Crippen LogP contribution < -0.4 is 0 Å². The minimum absolute atomic E-state index is 0.941. The van der Waals surface area contributed by atoms with Crippen molar-refractivity contribution in [3.8, 4) is 0 Å². The third kappa shape index (κ3) is 2.03. The van der Waals surface area contributed by atoms with Crippen LogP contribution in [0.25, 0.3) is 0 Å². The molecule has 0 aromatic carbocycles. The fourth-order valence-corrected chi connectivity index (χ4v) is 9.33. The summed E-state index contributed by atoms with van der Waals surface area (Å²) < 4.78 is 0. The van der Waals surface area contributed by atoms with Gasteiger partial charge in [-0.05, 0) is 42.1 Å². The molecule has 3 aliphatic carbocycles. The lowest BCUT2D eigenvalue weighted by molar-refractivity contribution is 0.184. The van der Waals surface area contributed by atoms with Crippen molar-refractivity contribution in [3.05, 3.63) is 0 Å². The lowest BCUT2D eigenvalue weighted by Crippen LogP contribution is -2.36. The maximum atomic E-state index is 2.65. The molecule has 0 nitrogen and oxygen atoms in total. The first-order chi connectivity index (χ1) is 8.09. The number of hydrogen-bond acceptors (Lipinski definition) is 0. The molecule has 0 aromatic rings. The quantitative estimate of drug-likeness (QED) is 0.552. The molecule has 0 spiro atoms. The number of fused-ring (bicyclic) bond motifs is 3. The molecular formula is C16H30Si. The molecule has 0 saturated heterocycles. The van der Waals surface area contributed by atoms with Gasteiger partial charge in [0.15, 0.2) is 0 Å². The van der Waals surface area contributed by atoms with Gasteiger partial charge in [0.05, 0.1) is 0 Å². The van der Waals surface area contributed by atoms with Crippen LogP contribution in [0.5, 0.6) is 0 Å². The Bertz CT molecular complexity index is 256. The van der Waals surface area contributed by atoms with E-state index in [9.17, 15) is 0 Å². The first-order valence-corrected chi connectivity index (χ1v) is 11.7. The summed E-state index contributed by atoms with van der Waals surface area (Å²) in [6, 6.07) is 0. The molecule has 0 amide bonds. The summed E-state index contributed by atoms with van der Waals surface area (Å²) in [4.78, 5) is 0. The molecule has 0 heterocycles. The second kappa shape index (κ2) is 4.40. The second-order valence-corrected chi connectivity index (χ2v) is 13.5. The van der Waals surface area contributed by atoms with E-state index in [1.165, 1.54) is 5.54 Å². The molecule has 3 aliphatic rings. The fraction of sp³-hybridized carbons (Fsp3) is 1.00. The maximum absolute atomic E-state index is 2.65. The molecule has 17 heavy (non-hydrogen) atoms. The average Bonchev–Trinajstić information content (AvgIpc) is 2.63. The van der Waals surface area contributed by atoms with Crippen molar-refractivity contribution in [2.45, 2.75) is 76.5 Å². The summed E-state index contributed by atoms with van der Waals surface area (Å²) in [5.41, 5.74) is 1.18. The van der Waals surface area contributed by atoms with E-state index in [2.05, 4.69) is 19.6 Å². The van der Waals surface area contributed by atoms with Gasteiger partial charge in [-0.1, -0.05) is 58.2 Å². The zero-order valence-corrected chi connectivity index (χ0v) is 13.0. The van der Waals surface area contributed by atoms with Gasteiger partial charge >= 0.3 is 0 Å². The van der Waals surface area contributed by atoms with Crippen LogP contribution in [0.15, 0.2) is 0 Å². The smallest absolute Gasteiger partial charge is 0.0479 e. The molecule has 5 atom stereocenters. The van der Waals surface area contributed by atoms with Crippen LogP contribution in [-0.2, 0) is 0 Å². The van der Waals surface area contributed by atoms with E-state index in [1.807, 2.05) is 0 Å². The van der Waals surface area contributed by atoms with Crippen LogP contribution in [0, 0.1) is 23.7 Å². The van der Waals surface area contributed by atoms with E-state index >= 15 is 0 Å². The van der Waals surface area contributed by atoms with E-state index in [0.29, 0.717) is 0 Å². The van der Waals surface area contributed by atoms with Crippen molar-refractivity contribution >= 4 is 8.07 Å². The number of hydrogen-bond donors (Lipinski definition) is 0. The van der Waals surface area contributed by atoms with Crippen molar-refractivity contribution in [1.29, 1.82) is 0 Å². The van der Waals surface area contributed by atoms with Gasteiger partial charge < -0.3 is 0 Å². The Morgan fingerprint density at radius 3 is 1.29 bits per heavy atom. The minimum atomic E-state index is -0.941. The van der Waals surface area contributed by atoms with Crippen LogP contribution in [0.2, 0.25) is 25.2 Å². The highest BCUT2D eigenvalue weighted by Crippen LogP contribution is 2.62. The average molecular weight is 251 g/mol. The SMILES string of the molecule is C[Si](C)(C)C1[C@H]2CCCC[C@@H]2[C@H]2CCCC[C@@H]12. The molecule has 0 radical (unpaired) electrons. The maximum Gasteiger partial charge on any atom is 0.0479 e. The Morgan fingerprint density at radius 2 is 0.941 bits per heavy atom. The van der Waals surface area contributed by atoms with Crippen LogP contribution in [0.4, 0.5) is 0 Å². The van der Waals surface area contributed by atoms with E-state index in [-0.39, 0.29) is 0 Å². The standard InChI is InChI=1S/C16H30Si/c1-17(2,3)16-14-10-6-4-8-12(14)13-9-5-7-11-15(13)16/h12-16H,4-11H2,1-3H3/t12-,13-,14-,15+,16?/m1/s1. The van der Waals surface area contributed by atoms with Crippen LogP contribution in [0.1, 0.15) is 51.4 Å². The fourth-order valence-electron chi connectivity index (χ4n) is 5.93. The zero-order valence-electron chi connectivity index (χ0n) is 12.0. The molecule has 3 fully saturated rings. The molecule has 0 N–H and O–H groups in total. The van der Waals surface area contributed by atoms with Gasteiger partial charge in [0.25, 0.3) is 0 Å². The molecule has 98 valence electrons. The highest BCUT2D eigenvalue weighted by Gasteiger charge is 2.54. The molecule has 0 aliphatic heterocycles. The largest absolute Gasteiger partial charge is 0.0693 e. The first-order valence-electron chi connectivity index (χ1n) is 8.09. The van der Waals surface area contributed by atoms with Gasteiger partial charge in [-0.2, -0.15) is 0 Å². The van der Waals surface area contributed by atoms with Gasteiger partial charge in [-0.15, -0.1) is 0 Å². The van der Waals surface area contributed by atoms with Gasteiger partial charge in [0, 0.05) is 8.07 Å². The van der Waals surface area contributed by atoms with Gasteiger partial charge in [-0.25, -0.2) is 0 Å². The molecule has 1 heteroatoms. The third-order valence-corrected chi connectivity index (χ3v) is 9.08. The van der Waals surface area contributed by atoms with E-state index in [4.69, 9.17) is 0 Å². The monoisotopic (exact) mass is 250 g/mol. The Labute approximate surface area is 109 Å².